The number of rotatable bonds is 3. The van der Waals surface area contributed by atoms with Crippen molar-refractivity contribution in [1.82, 2.24) is 13.8 Å². The number of benzene rings is 9. The molecule has 70 heavy (non-hydrogen) atoms. The Balaban J connectivity index is 1.13. The molecule has 0 aliphatic carbocycles. The number of fused-ring (bicyclic) bond motifs is 16. The number of H-pyrrole nitrogens is 1. The zero-order valence-electron chi connectivity index (χ0n) is 41.3. The highest BCUT2D eigenvalue weighted by Gasteiger charge is 2.30. The fourth-order valence-corrected chi connectivity index (χ4v) is 12.7. The van der Waals surface area contributed by atoms with Crippen LogP contribution < -0.4 is 0 Å². The molecule has 0 aliphatic rings. The molecular weight excluding hydrogens is 915 g/mol. The molecule has 14 rings (SSSR count). The summed E-state index contributed by atoms with van der Waals surface area (Å²) in [6, 6.07) is 60.0. The highest BCUT2D eigenvalue weighted by atomic mass is 79.9. The van der Waals surface area contributed by atoms with Gasteiger partial charge in [-0.25, -0.2) is 0 Å². The van der Waals surface area contributed by atoms with Crippen LogP contribution in [0.5, 0.6) is 0 Å². The zero-order chi connectivity index (χ0) is 47.9. The van der Waals surface area contributed by atoms with Crippen molar-refractivity contribution in [3.8, 4) is 33.4 Å². The predicted octanol–water partition coefficient (Wildman–Crippen LogP) is 19.3. The first-order valence-corrected chi connectivity index (χ1v) is 25.7. The molecule has 0 bridgehead atoms. The minimum Gasteiger partial charge on any atom is -0.354 e. The predicted molar refractivity (Wildman–Crippen MR) is 305 cm³/mol. The van der Waals surface area contributed by atoms with Crippen molar-refractivity contribution in [3.63, 3.8) is 0 Å². The Morgan fingerprint density at radius 1 is 0.371 bits per heavy atom. The summed E-state index contributed by atoms with van der Waals surface area (Å²) in [5, 5.41) is 13.0. The van der Waals surface area contributed by atoms with Crippen LogP contribution in [0.15, 0.2) is 162 Å². The van der Waals surface area contributed by atoms with Gasteiger partial charge in [0.1, 0.15) is 0 Å². The van der Waals surface area contributed by atoms with Crippen LogP contribution in [0.4, 0.5) is 0 Å². The molecule has 0 amide bonds. The molecule has 14 aromatic rings. The van der Waals surface area contributed by atoms with Crippen molar-refractivity contribution >= 4 is 114 Å². The lowest BCUT2D eigenvalue weighted by molar-refractivity contribution is 0.590. The second-order valence-corrected chi connectivity index (χ2v) is 24.1. The van der Waals surface area contributed by atoms with Crippen LogP contribution >= 0.6 is 15.9 Å². The monoisotopic (exact) mass is 967 g/mol. The summed E-state index contributed by atoms with van der Waals surface area (Å²) >= 11 is 4.23. The Kier molecular flexibility index (Phi) is 8.37. The van der Waals surface area contributed by atoms with Gasteiger partial charge in [0.05, 0.1) is 38.6 Å². The average Bonchev–Trinajstić information content (AvgIpc) is 4.14. The first kappa shape index (κ1) is 41.8. The number of nitrogens with zero attached hydrogens (tertiary/aromatic N) is 2. The van der Waals surface area contributed by atoms with E-state index >= 15 is 0 Å². The second-order valence-electron chi connectivity index (χ2n) is 23.2. The Labute approximate surface area is 416 Å². The first-order valence-electron chi connectivity index (χ1n) is 24.9. The van der Waals surface area contributed by atoms with Gasteiger partial charge in [-0.3, -0.25) is 0 Å². The Morgan fingerprint density at radius 2 is 0.857 bits per heavy atom. The van der Waals surface area contributed by atoms with E-state index in [1.807, 2.05) is 0 Å². The molecule has 5 aromatic heterocycles. The van der Waals surface area contributed by atoms with Gasteiger partial charge in [0.15, 0.2) is 0 Å². The number of nitrogens with one attached hydrogen (secondary N) is 1. The van der Waals surface area contributed by atoms with Gasteiger partial charge in [0, 0.05) is 75.0 Å². The van der Waals surface area contributed by atoms with E-state index < -0.39 is 0 Å². The number of aromatic amines is 1. The van der Waals surface area contributed by atoms with Crippen molar-refractivity contribution in [1.29, 1.82) is 0 Å². The standard InChI is InChI=1S/C66H54BrN3/c1-64(2,3)40-21-24-53-44(31-40)46-32-41(65(4,5)6)33-49-59-55(69(53)62(46)49)26-27-56-60(59)50-35-42(66(7,8)9)34-48-58-54(70(56)63(48)50)25-22-51(67)57(58)47-30-39(37-18-14-11-15-19-37)29-45-43-28-38(36-16-12-10-13-17-36)20-23-52(43)68-61(45)47/h10-35,68H,1-9H3. The van der Waals surface area contributed by atoms with Crippen LogP contribution in [-0.2, 0) is 16.2 Å². The fourth-order valence-electron chi connectivity index (χ4n) is 12.1. The van der Waals surface area contributed by atoms with E-state index in [0.29, 0.717) is 0 Å². The summed E-state index contributed by atoms with van der Waals surface area (Å²) < 4.78 is 6.25. The molecule has 0 aliphatic heterocycles. The van der Waals surface area contributed by atoms with Crippen molar-refractivity contribution in [3.05, 3.63) is 179 Å². The molecule has 0 unspecified atom stereocenters. The van der Waals surface area contributed by atoms with Crippen molar-refractivity contribution in [2.45, 2.75) is 78.6 Å². The third-order valence-electron chi connectivity index (χ3n) is 15.8. The van der Waals surface area contributed by atoms with Gasteiger partial charge < -0.3 is 13.8 Å². The van der Waals surface area contributed by atoms with E-state index in [9.17, 15) is 0 Å². The second kappa shape index (κ2) is 14.0. The lowest BCUT2D eigenvalue weighted by atomic mass is 9.83. The molecule has 0 saturated heterocycles. The van der Waals surface area contributed by atoms with E-state index in [0.717, 1.165) is 15.5 Å². The average molecular weight is 969 g/mol. The van der Waals surface area contributed by atoms with Crippen LogP contribution in [0.1, 0.15) is 79.0 Å². The summed E-state index contributed by atoms with van der Waals surface area (Å²) in [5.41, 5.74) is 21.1. The molecule has 0 atom stereocenters. The lowest BCUT2D eigenvalue weighted by Gasteiger charge is -2.20. The van der Waals surface area contributed by atoms with Gasteiger partial charge in [0.2, 0.25) is 0 Å². The largest absolute Gasteiger partial charge is 0.354 e. The van der Waals surface area contributed by atoms with Gasteiger partial charge in [-0.2, -0.15) is 0 Å². The maximum absolute atomic E-state index is 4.23. The molecule has 5 heterocycles. The SMILES string of the molecule is CC(C)(C)c1ccc2c(c1)c1cc(C(C)(C)C)cc3c4c5c6cc(C(C)(C)C)cc7c8c(-c9cc(-c%10ccccc%10)cc%10c9[nH]c9ccc(-c%11ccccc%11)cc9%10)c(Br)ccc8n(c5ccc4n2c13)c76. The summed E-state index contributed by atoms with van der Waals surface area (Å²) in [6.45, 7) is 21.1. The van der Waals surface area contributed by atoms with E-state index in [4.69, 9.17) is 0 Å². The summed E-state index contributed by atoms with van der Waals surface area (Å²) in [4.78, 5) is 3.98. The minimum atomic E-state index is -0.105. The van der Waals surface area contributed by atoms with Gasteiger partial charge in [-0.05, 0) is 140 Å². The molecule has 0 radical (unpaired) electrons. The molecule has 0 saturated carbocycles. The molecule has 9 aromatic carbocycles. The molecule has 0 fully saturated rings. The maximum Gasteiger partial charge on any atom is 0.0621 e. The highest BCUT2D eigenvalue weighted by molar-refractivity contribution is 9.10. The third-order valence-corrected chi connectivity index (χ3v) is 16.5. The van der Waals surface area contributed by atoms with Gasteiger partial charge in [0.25, 0.3) is 0 Å². The van der Waals surface area contributed by atoms with E-state index in [1.54, 1.807) is 0 Å². The first-order chi connectivity index (χ1) is 33.5. The number of aromatic nitrogens is 3. The molecule has 1 N–H and O–H groups in total. The molecular formula is C66H54BrN3. The van der Waals surface area contributed by atoms with Gasteiger partial charge >= 0.3 is 0 Å². The summed E-state index contributed by atoms with van der Waals surface area (Å²) in [7, 11) is 0. The number of hydrogen-bond acceptors (Lipinski definition) is 0. The quantitative estimate of drug-likeness (QED) is 0.183. The molecule has 4 heteroatoms. The van der Waals surface area contributed by atoms with E-state index in [-0.39, 0.29) is 16.2 Å². The molecule has 0 spiro atoms. The van der Waals surface area contributed by atoms with Crippen molar-refractivity contribution in [2.24, 2.45) is 0 Å². The van der Waals surface area contributed by atoms with E-state index in [1.165, 1.54) is 137 Å². The molecule has 340 valence electrons. The normalized spacial score (nSPS) is 13.3. The number of hydrogen-bond donors (Lipinski definition) is 1. The zero-order valence-corrected chi connectivity index (χ0v) is 42.9. The topological polar surface area (TPSA) is 24.6 Å². The molecule has 3 nitrogen and oxygen atoms in total. The van der Waals surface area contributed by atoms with Crippen LogP contribution in [0.2, 0.25) is 0 Å². The van der Waals surface area contributed by atoms with E-state index in [2.05, 4.69) is 250 Å². The van der Waals surface area contributed by atoms with Crippen molar-refractivity contribution in [2.75, 3.05) is 0 Å². The Hall–Kier alpha value is -7.14. The van der Waals surface area contributed by atoms with Crippen molar-refractivity contribution < 1.29 is 0 Å². The number of halogens is 1. The maximum atomic E-state index is 4.23. The fraction of sp³-hybridized carbons (Fsp3) is 0.182. The Morgan fingerprint density at radius 3 is 1.47 bits per heavy atom. The van der Waals surface area contributed by atoms with Crippen LogP contribution in [0, 0.1) is 0 Å². The van der Waals surface area contributed by atoms with Gasteiger partial charge in [-0.15, -0.1) is 0 Å². The Bertz CT molecular complexity index is 4500. The minimum absolute atomic E-state index is 0.0372. The van der Waals surface area contributed by atoms with Crippen LogP contribution in [0.25, 0.3) is 131 Å². The van der Waals surface area contributed by atoms with Gasteiger partial charge in [-0.1, -0.05) is 151 Å². The smallest absolute Gasteiger partial charge is 0.0621 e. The highest BCUT2D eigenvalue weighted by Crippen LogP contribution is 2.52. The summed E-state index contributed by atoms with van der Waals surface area (Å²) in [6.07, 6.45) is 0. The van der Waals surface area contributed by atoms with Crippen LogP contribution in [-0.4, -0.2) is 13.8 Å². The lowest BCUT2D eigenvalue weighted by Crippen LogP contribution is -2.11. The summed E-state index contributed by atoms with van der Waals surface area (Å²) in [5.74, 6) is 0. The third kappa shape index (κ3) is 5.74. The van der Waals surface area contributed by atoms with Crippen LogP contribution in [0.3, 0.4) is 0 Å².